The summed E-state index contributed by atoms with van der Waals surface area (Å²) in [6.07, 6.45) is 0.402. The van der Waals surface area contributed by atoms with Gasteiger partial charge in [-0.15, -0.1) is 11.3 Å². The van der Waals surface area contributed by atoms with Crippen LogP contribution in [0, 0.1) is 27.7 Å². The Balaban J connectivity index is 1.90. The lowest BCUT2D eigenvalue weighted by atomic mass is 10.3. The van der Waals surface area contributed by atoms with E-state index in [1.807, 2.05) is 38.4 Å². The Morgan fingerprint density at radius 3 is 2.63 bits per heavy atom. The SMILES string of the molecule is Cc1cc(C)n(CCC(=O)Nc2nc(C)c(C)s2)n1. The van der Waals surface area contributed by atoms with E-state index in [2.05, 4.69) is 15.4 Å². The van der Waals surface area contributed by atoms with Gasteiger partial charge in [0.25, 0.3) is 0 Å². The topological polar surface area (TPSA) is 59.8 Å². The number of nitrogens with one attached hydrogen (secondary N) is 1. The molecule has 2 heterocycles. The number of thiazole rings is 1. The van der Waals surface area contributed by atoms with Crippen molar-refractivity contribution in [2.75, 3.05) is 5.32 Å². The lowest BCUT2D eigenvalue weighted by molar-refractivity contribution is -0.116. The first kappa shape index (κ1) is 13.7. The first-order chi connectivity index (χ1) is 8.95. The molecule has 0 spiro atoms. The monoisotopic (exact) mass is 278 g/mol. The average Bonchev–Trinajstić information content (AvgIpc) is 2.79. The van der Waals surface area contributed by atoms with Gasteiger partial charge < -0.3 is 5.32 Å². The van der Waals surface area contributed by atoms with E-state index in [9.17, 15) is 4.79 Å². The first-order valence-corrected chi connectivity index (χ1v) is 7.02. The molecule has 0 fully saturated rings. The number of carbonyl (C=O) groups excluding carboxylic acids is 1. The average molecular weight is 278 g/mol. The van der Waals surface area contributed by atoms with Gasteiger partial charge in [0.15, 0.2) is 5.13 Å². The predicted octanol–water partition coefficient (Wildman–Crippen LogP) is 2.60. The molecule has 0 saturated carbocycles. The molecule has 2 rings (SSSR count). The maximum atomic E-state index is 11.8. The number of aromatic nitrogens is 3. The van der Waals surface area contributed by atoms with Crippen molar-refractivity contribution in [1.29, 1.82) is 0 Å². The fourth-order valence-electron chi connectivity index (χ4n) is 1.82. The molecule has 19 heavy (non-hydrogen) atoms. The molecule has 2 aromatic rings. The summed E-state index contributed by atoms with van der Waals surface area (Å²) < 4.78 is 1.85. The van der Waals surface area contributed by atoms with Crippen molar-refractivity contribution in [3.05, 3.63) is 28.0 Å². The third kappa shape index (κ3) is 3.41. The van der Waals surface area contributed by atoms with Crippen LogP contribution in [0.3, 0.4) is 0 Å². The van der Waals surface area contributed by atoms with E-state index in [1.54, 1.807) is 0 Å². The van der Waals surface area contributed by atoms with Crippen LogP contribution >= 0.6 is 11.3 Å². The third-order valence-corrected chi connectivity index (χ3v) is 3.92. The highest BCUT2D eigenvalue weighted by molar-refractivity contribution is 7.15. The van der Waals surface area contributed by atoms with Crippen molar-refractivity contribution in [2.45, 2.75) is 40.7 Å². The molecule has 0 aliphatic rings. The summed E-state index contributed by atoms with van der Waals surface area (Å²) in [5.41, 5.74) is 3.02. The number of rotatable bonds is 4. The van der Waals surface area contributed by atoms with E-state index < -0.39 is 0 Å². The van der Waals surface area contributed by atoms with Crippen LogP contribution in [0.2, 0.25) is 0 Å². The van der Waals surface area contributed by atoms with E-state index in [4.69, 9.17) is 0 Å². The standard InChI is InChI=1S/C13H18N4OS/c1-8-7-9(2)17(16-8)6-5-12(18)15-13-14-10(3)11(4)19-13/h7H,5-6H2,1-4H3,(H,14,15,18). The molecular weight excluding hydrogens is 260 g/mol. The summed E-state index contributed by atoms with van der Waals surface area (Å²) in [7, 11) is 0. The van der Waals surface area contributed by atoms with Crippen LogP contribution in [-0.2, 0) is 11.3 Å². The van der Waals surface area contributed by atoms with Crippen LogP contribution in [0.15, 0.2) is 6.07 Å². The van der Waals surface area contributed by atoms with Gasteiger partial charge in [-0.25, -0.2) is 4.98 Å². The highest BCUT2D eigenvalue weighted by Crippen LogP contribution is 2.21. The van der Waals surface area contributed by atoms with Crippen LogP contribution in [0.25, 0.3) is 0 Å². The maximum Gasteiger partial charge on any atom is 0.228 e. The van der Waals surface area contributed by atoms with Crippen molar-refractivity contribution in [2.24, 2.45) is 0 Å². The third-order valence-electron chi connectivity index (χ3n) is 2.93. The summed E-state index contributed by atoms with van der Waals surface area (Å²) in [5, 5.41) is 7.83. The Kier molecular flexibility index (Phi) is 3.99. The molecule has 1 N–H and O–H groups in total. The molecule has 0 bridgehead atoms. The van der Waals surface area contributed by atoms with Gasteiger partial charge in [-0.05, 0) is 33.8 Å². The van der Waals surface area contributed by atoms with Crippen LogP contribution in [0.5, 0.6) is 0 Å². The molecule has 2 aromatic heterocycles. The Bertz CT molecular complexity index is 580. The van der Waals surface area contributed by atoms with Gasteiger partial charge in [0.1, 0.15) is 0 Å². The van der Waals surface area contributed by atoms with E-state index in [1.165, 1.54) is 11.3 Å². The number of carbonyl (C=O) groups is 1. The second-order valence-electron chi connectivity index (χ2n) is 4.61. The number of aryl methyl sites for hydroxylation is 5. The van der Waals surface area contributed by atoms with Crippen molar-refractivity contribution in [3.63, 3.8) is 0 Å². The molecule has 0 aromatic carbocycles. The van der Waals surface area contributed by atoms with Gasteiger partial charge in [0, 0.05) is 23.5 Å². The van der Waals surface area contributed by atoms with Crippen LogP contribution in [0.1, 0.15) is 28.4 Å². The summed E-state index contributed by atoms with van der Waals surface area (Å²) >= 11 is 1.51. The van der Waals surface area contributed by atoms with Crippen molar-refractivity contribution in [3.8, 4) is 0 Å². The molecule has 1 amide bonds. The summed E-state index contributed by atoms with van der Waals surface area (Å²) in [4.78, 5) is 17.3. The lowest BCUT2D eigenvalue weighted by Gasteiger charge is -2.04. The molecular formula is C13H18N4OS. The van der Waals surface area contributed by atoms with E-state index >= 15 is 0 Å². The highest BCUT2D eigenvalue weighted by atomic mass is 32.1. The van der Waals surface area contributed by atoms with Gasteiger partial charge >= 0.3 is 0 Å². The molecule has 0 unspecified atom stereocenters. The molecule has 0 saturated heterocycles. The smallest absolute Gasteiger partial charge is 0.228 e. The number of hydrogen-bond acceptors (Lipinski definition) is 4. The molecule has 0 atom stereocenters. The summed E-state index contributed by atoms with van der Waals surface area (Å²) in [6, 6.07) is 2.01. The van der Waals surface area contributed by atoms with Gasteiger partial charge in [-0.1, -0.05) is 0 Å². The second-order valence-corrected chi connectivity index (χ2v) is 5.81. The van der Waals surface area contributed by atoms with E-state index in [0.29, 0.717) is 18.1 Å². The lowest BCUT2D eigenvalue weighted by Crippen LogP contribution is -2.15. The van der Waals surface area contributed by atoms with Gasteiger partial charge in [-0.2, -0.15) is 5.10 Å². The minimum atomic E-state index is -0.0266. The summed E-state index contributed by atoms with van der Waals surface area (Å²) in [6.45, 7) is 8.47. The van der Waals surface area contributed by atoms with Gasteiger partial charge in [-0.3, -0.25) is 9.48 Å². The zero-order valence-corrected chi connectivity index (χ0v) is 12.5. The van der Waals surface area contributed by atoms with Crippen molar-refractivity contribution < 1.29 is 4.79 Å². The largest absolute Gasteiger partial charge is 0.302 e. The number of nitrogens with zero attached hydrogens (tertiary/aromatic N) is 3. The van der Waals surface area contributed by atoms with E-state index in [0.717, 1.165) is 22.0 Å². The van der Waals surface area contributed by atoms with Crippen LogP contribution in [-0.4, -0.2) is 20.7 Å². The zero-order chi connectivity index (χ0) is 14.0. The van der Waals surface area contributed by atoms with Gasteiger partial charge in [0.2, 0.25) is 5.91 Å². The fraction of sp³-hybridized carbons (Fsp3) is 0.462. The molecule has 0 radical (unpaired) electrons. The highest BCUT2D eigenvalue weighted by Gasteiger charge is 2.09. The van der Waals surface area contributed by atoms with Crippen molar-refractivity contribution in [1.82, 2.24) is 14.8 Å². The molecule has 5 nitrogen and oxygen atoms in total. The Hall–Kier alpha value is -1.69. The van der Waals surface area contributed by atoms with E-state index in [-0.39, 0.29) is 5.91 Å². The first-order valence-electron chi connectivity index (χ1n) is 6.20. The quantitative estimate of drug-likeness (QED) is 0.935. The zero-order valence-electron chi connectivity index (χ0n) is 11.6. The summed E-state index contributed by atoms with van der Waals surface area (Å²) in [5.74, 6) is -0.0266. The normalized spacial score (nSPS) is 10.7. The molecule has 0 aliphatic carbocycles. The van der Waals surface area contributed by atoms with Gasteiger partial charge in [0.05, 0.1) is 11.4 Å². The number of amides is 1. The fourth-order valence-corrected chi connectivity index (χ4v) is 2.65. The Morgan fingerprint density at radius 1 is 1.37 bits per heavy atom. The Morgan fingerprint density at radius 2 is 2.11 bits per heavy atom. The molecule has 6 heteroatoms. The number of anilines is 1. The molecule has 102 valence electrons. The van der Waals surface area contributed by atoms with Crippen LogP contribution < -0.4 is 5.32 Å². The minimum absolute atomic E-state index is 0.0266. The number of hydrogen-bond donors (Lipinski definition) is 1. The van der Waals surface area contributed by atoms with Crippen molar-refractivity contribution >= 4 is 22.4 Å². The predicted molar refractivity (Wildman–Crippen MR) is 76.5 cm³/mol. The minimum Gasteiger partial charge on any atom is -0.302 e. The second kappa shape index (κ2) is 5.52. The Labute approximate surface area is 116 Å². The maximum absolute atomic E-state index is 11.8. The molecule has 0 aliphatic heterocycles. The van der Waals surface area contributed by atoms with Crippen LogP contribution in [0.4, 0.5) is 5.13 Å².